The summed E-state index contributed by atoms with van der Waals surface area (Å²) in [6.45, 7) is 8.88. The van der Waals surface area contributed by atoms with Gasteiger partial charge in [0, 0.05) is 28.4 Å². The van der Waals surface area contributed by atoms with Gasteiger partial charge in [-0.3, -0.25) is 5.01 Å². The molecule has 1 fully saturated rings. The van der Waals surface area contributed by atoms with Gasteiger partial charge in [-0.2, -0.15) is 0 Å². The molecule has 0 amide bonds. The average Bonchev–Trinajstić information content (AvgIpc) is 2.54. The van der Waals surface area contributed by atoms with Crippen molar-refractivity contribution in [1.82, 2.24) is 9.99 Å². The van der Waals surface area contributed by atoms with Crippen molar-refractivity contribution < 1.29 is 0 Å². The maximum atomic E-state index is 4.50. The van der Waals surface area contributed by atoms with Crippen LogP contribution in [-0.2, 0) is 0 Å². The van der Waals surface area contributed by atoms with E-state index in [0.717, 1.165) is 18.9 Å². The monoisotopic (exact) mass is 331 g/mol. The number of aromatic nitrogens is 1. The van der Waals surface area contributed by atoms with Gasteiger partial charge in [-0.1, -0.05) is 6.92 Å². The Morgan fingerprint density at radius 3 is 2.75 bits per heavy atom. The van der Waals surface area contributed by atoms with Crippen molar-refractivity contribution in [3.63, 3.8) is 0 Å². The molecule has 0 aromatic carbocycles. The summed E-state index contributed by atoms with van der Waals surface area (Å²) in [7, 11) is 0. The second kappa shape index (κ2) is 4.49. The Labute approximate surface area is 111 Å². The zero-order chi connectivity index (χ0) is 11.8. The fraction of sp³-hybridized carbons (Fsp3) is 0.583. The predicted octanol–water partition coefficient (Wildman–Crippen LogP) is 2.91. The third kappa shape index (κ3) is 2.18. The van der Waals surface area contributed by atoms with Crippen LogP contribution < -0.4 is 5.01 Å². The van der Waals surface area contributed by atoms with Crippen LogP contribution in [-0.4, -0.2) is 28.6 Å². The summed E-state index contributed by atoms with van der Waals surface area (Å²) < 4.78 is 1.18. The van der Waals surface area contributed by atoms with Gasteiger partial charge in [-0.05, 0) is 55.0 Å². The predicted molar refractivity (Wildman–Crippen MR) is 75.4 cm³/mol. The second-order valence-corrected chi connectivity index (χ2v) is 5.98. The van der Waals surface area contributed by atoms with Crippen LogP contribution in [0.15, 0.2) is 18.3 Å². The van der Waals surface area contributed by atoms with Gasteiger partial charge in [0.1, 0.15) is 5.82 Å². The van der Waals surface area contributed by atoms with Crippen molar-refractivity contribution >= 4 is 28.4 Å². The van der Waals surface area contributed by atoms with E-state index in [-0.39, 0.29) is 5.54 Å². The number of halogens is 1. The first-order valence-electron chi connectivity index (χ1n) is 5.71. The Hall–Kier alpha value is -0.360. The smallest absolute Gasteiger partial charge is 0.142 e. The van der Waals surface area contributed by atoms with Crippen molar-refractivity contribution in [1.29, 1.82) is 0 Å². The molecule has 4 heteroatoms. The summed E-state index contributed by atoms with van der Waals surface area (Å²) in [5.41, 5.74) is 0.249. The van der Waals surface area contributed by atoms with Crippen LogP contribution in [0.3, 0.4) is 0 Å². The minimum absolute atomic E-state index is 0.249. The molecule has 0 aliphatic carbocycles. The van der Waals surface area contributed by atoms with E-state index in [1.165, 1.54) is 9.99 Å². The quantitative estimate of drug-likeness (QED) is 0.777. The van der Waals surface area contributed by atoms with Gasteiger partial charge in [0.05, 0.1) is 0 Å². The first-order chi connectivity index (χ1) is 7.54. The van der Waals surface area contributed by atoms with E-state index < -0.39 is 0 Å². The number of anilines is 1. The fourth-order valence-electron chi connectivity index (χ4n) is 2.31. The molecule has 1 aromatic heterocycles. The Kier molecular flexibility index (Phi) is 3.39. The van der Waals surface area contributed by atoms with Crippen molar-refractivity contribution in [2.75, 3.05) is 18.1 Å². The van der Waals surface area contributed by atoms with Gasteiger partial charge in [0.2, 0.25) is 0 Å². The fourth-order valence-corrected chi connectivity index (χ4v) is 2.63. The molecular weight excluding hydrogens is 313 g/mol. The number of rotatable bonds is 2. The van der Waals surface area contributed by atoms with Crippen LogP contribution in [0.1, 0.15) is 27.2 Å². The molecule has 0 spiro atoms. The molecule has 0 N–H and O–H groups in total. The molecule has 0 saturated carbocycles. The lowest BCUT2D eigenvalue weighted by atomic mass is 10.0. The molecule has 16 heavy (non-hydrogen) atoms. The van der Waals surface area contributed by atoms with Crippen LogP contribution >= 0.6 is 22.6 Å². The lowest BCUT2D eigenvalue weighted by Crippen LogP contribution is -2.46. The number of hydrogen-bond donors (Lipinski definition) is 0. The largest absolute Gasteiger partial charge is 0.289 e. The van der Waals surface area contributed by atoms with Crippen LogP contribution in [0, 0.1) is 3.57 Å². The third-order valence-electron chi connectivity index (χ3n) is 3.20. The summed E-state index contributed by atoms with van der Waals surface area (Å²) in [5, 5.41) is 4.71. The second-order valence-electron chi connectivity index (χ2n) is 4.74. The van der Waals surface area contributed by atoms with Gasteiger partial charge in [0.25, 0.3) is 0 Å². The molecule has 0 unspecified atom stereocenters. The maximum Gasteiger partial charge on any atom is 0.142 e. The highest BCUT2D eigenvalue weighted by atomic mass is 127. The van der Waals surface area contributed by atoms with Crippen LogP contribution in [0.2, 0.25) is 0 Å². The summed E-state index contributed by atoms with van der Waals surface area (Å²) in [5.74, 6) is 1.06. The molecule has 1 saturated heterocycles. The Balaban J connectivity index is 2.25. The first-order valence-corrected chi connectivity index (χ1v) is 6.79. The first kappa shape index (κ1) is 12.1. The van der Waals surface area contributed by atoms with E-state index in [2.05, 4.69) is 70.5 Å². The summed E-state index contributed by atoms with van der Waals surface area (Å²) in [4.78, 5) is 4.50. The van der Waals surface area contributed by atoms with E-state index in [0.29, 0.717) is 0 Å². The van der Waals surface area contributed by atoms with E-state index in [4.69, 9.17) is 0 Å². The van der Waals surface area contributed by atoms with Gasteiger partial charge >= 0.3 is 0 Å². The lowest BCUT2D eigenvalue weighted by Gasteiger charge is -2.36. The zero-order valence-corrected chi connectivity index (χ0v) is 12.2. The molecule has 1 aromatic rings. The highest BCUT2D eigenvalue weighted by molar-refractivity contribution is 14.1. The summed E-state index contributed by atoms with van der Waals surface area (Å²) >= 11 is 2.29. The Morgan fingerprint density at radius 2 is 2.19 bits per heavy atom. The summed E-state index contributed by atoms with van der Waals surface area (Å²) in [6, 6.07) is 4.22. The number of pyridine rings is 1. The van der Waals surface area contributed by atoms with E-state index in [1.807, 2.05) is 6.20 Å². The molecule has 88 valence electrons. The van der Waals surface area contributed by atoms with Gasteiger partial charge in [-0.15, -0.1) is 0 Å². The molecular formula is C12H18IN3. The molecule has 3 nitrogen and oxygen atoms in total. The molecule has 0 atom stereocenters. The van der Waals surface area contributed by atoms with Gasteiger partial charge < -0.3 is 0 Å². The number of hydrazine groups is 1. The number of hydrogen-bond acceptors (Lipinski definition) is 3. The van der Waals surface area contributed by atoms with Gasteiger partial charge in [0.15, 0.2) is 0 Å². The molecule has 0 bridgehead atoms. The molecule has 0 radical (unpaired) electrons. The highest BCUT2D eigenvalue weighted by Gasteiger charge is 2.37. The van der Waals surface area contributed by atoms with E-state index in [1.54, 1.807) is 0 Å². The zero-order valence-electron chi connectivity index (χ0n) is 10.1. The maximum absolute atomic E-state index is 4.50. The minimum atomic E-state index is 0.249. The van der Waals surface area contributed by atoms with Crippen molar-refractivity contribution in [2.45, 2.75) is 32.7 Å². The normalized spacial score (nSPS) is 20.4. The van der Waals surface area contributed by atoms with Crippen LogP contribution in [0.25, 0.3) is 0 Å². The molecule has 2 rings (SSSR count). The van der Waals surface area contributed by atoms with E-state index >= 15 is 0 Å². The van der Waals surface area contributed by atoms with Crippen molar-refractivity contribution in [2.24, 2.45) is 0 Å². The van der Waals surface area contributed by atoms with Crippen LogP contribution in [0.5, 0.6) is 0 Å². The van der Waals surface area contributed by atoms with E-state index in [9.17, 15) is 0 Å². The standard InChI is InChI=1S/C12H18IN3/c1-4-16-12(2,3)7-8-15(16)11-6-5-10(13)9-14-11/h5-6,9H,4,7-8H2,1-3H3. The lowest BCUT2D eigenvalue weighted by molar-refractivity contribution is 0.167. The topological polar surface area (TPSA) is 19.4 Å². The Morgan fingerprint density at radius 1 is 1.44 bits per heavy atom. The minimum Gasteiger partial charge on any atom is -0.289 e. The Bertz CT molecular complexity index is 361. The van der Waals surface area contributed by atoms with Crippen molar-refractivity contribution in [3.8, 4) is 0 Å². The molecule has 1 aliphatic rings. The van der Waals surface area contributed by atoms with Crippen LogP contribution in [0.4, 0.5) is 5.82 Å². The van der Waals surface area contributed by atoms with Crippen molar-refractivity contribution in [3.05, 3.63) is 21.9 Å². The number of nitrogens with zero attached hydrogens (tertiary/aromatic N) is 3. The van der Waals surface area contributed by atoms with Gasteiger partial charge in [-0.25, -0.2) is 9.99 Å². The SMILES string of the molecule is CCN1N(c2ccc(I)cn2)CCC1(C)C. The summed E-state index contributed by atoms with van der Waals surface area (Å²) in [6.07, 6.45) is 3.11. The molecule has 1 aliphatic heterocycles. The highest BCUT2D eigenvalue weighted by Crippen LogP contribution is 2.31. The third-order valence-corrected chi connectivity index (χ3v) is 3.84. The molecule has 2 heterocycles. The average molecular weight is 331 g/mol.